The number of methoxy groups -OCH3 is 1. The number of benzene rings is 2. The minimum atomic E-state index is -3.48. The SMILES string of the molecule is CCN(CC)S(=O)(=O)c1ccc(CNC(=O)Cc2cc(Cl)ccc2OC)cc1. The molecule has 2 rings (SSSR count). The maximum atomic E-state index is 12.5. The number of sulfonamides is 1. The van der Waals surface area contributed by atoms with Gasteiger partial charge in [-0.2, -0.15) is 4.31 Å². The number of ether oxygens (including phenoxy) is 1. The van der Waals surface area contributed by atoms with Gasteiger partial charge in [-0.05, 0) is 35.9 Å². The number of rotatable bonds is 9. The quantitative estimate of drug-likeness (QED) is 0.670. The van der Waals surface area contributed by atoms with Crippen molar-refractivity contribution in [2.45, 2.75) is 31.7 Å². The Morgan fingerprint density at radius 2 is 1.75 bits per heavy atom. The molecule has 28 heavy (non-hydrogen) atoms. The Kier molecular flexibility index (Phi) is 7.86. The third kappa shape index (κ3) is 5.47. The maximum absolute atomic E-state index is 12.5. The molecule has 1 amide bonds. The van der Waals surface area contributed by atoms with Crippen molar-refractivity contribution in [1.82, 2.24) is 9.62 Å². The minimum absolute atomic E-state index is 0.137. The molecule has 2 aromatic rings. The van der Waals surface area contributed by atoms with Gasteiger partial charge in [0.05, 0.1) is 18.4 Å². The van der Waals surface area contributed by atoms with Crippen molar-refractivity contribution in [3.8, 4) is 5.75 Å². The van der Waals surface area contributed by atoms with Crippen LogP contribution in [0.15, 0.2) is 47.4 Å². The van der Waals surface area contributed by atoms with Crippen LogP contribution in [0.25, 0.3) is 0 Å². The van der Waals surface area contributed by atoms with Crippen molar-refractivity contribution < 1.29 is 17.9 Å². The van der Waals surface area contributed by atoms with Crippen LogP contribution in [0.5, 0.6) is 5.75 Å². The molecule has 0 radical (unpaired) electrons. The van der Waals surface area contributed by atoms with E-state index in [4.69, 9.17) is 16.3 Å². The van der Waals surface area contributed by atoms with Crippen LogP contribution in [0.3, 0.4) is 0 Å². The molecule has 0 atom stereocenters. The lowest BCUT2D eigenvalue weighted by Crippen LogP contribution is -2.30. The molecule has 8 heteroatoms. The lowest BCUT2D eigenvalue weighted by molar-refractivity contribution is -0.120. The third-order valence-corrected chi connectivity index (χ3v) is 6.65. The molecule has 6 nitrogen and oxygen atoms in total. The van der Waals surface area contributed by atoms with Gasteiger partial charge in [0, 0.05) is 30.2 Å². The molecule has 0 aliphatic heterocycles. The number of amides is 1. The number of carbonyl (C=O) groups excluding carboxylic acids is 1. The Morgan fingerprint density at radius 3 is 2.32 bits per heavy atom. The van der Waals surface area contributed by atoms with E-state index < -0.39 is 10.0 Å². The van der Waals surface area contributed by atoms with Crippen LogP contribution in [0.2, 0.25) is 5.02 Å². The fourth-order valence-corrected chi connectivity index (χ4v) is 4.47. The van der Waals surface area contributed by atoms with E-state index in [0.29, 0.717) is 36.0 Å². The van der Waals surface area contributed by atoms with Crippen LogP contribution in [0.4, 0.5) is 0 Å². The first kappa shape index (κ1) is 22.2. The van der Waals surface area contributed by atoms with Crippen LogP contribution < -0.4 is 10.1 Å². The van der Waals surface area contributed by atoms with Crippen LogP contribution in [0.1, 0.15) is 25.0 Å². The van der Waals surface area contributed by atoms with Crippen molar-refractivity contribution in [2.24, 2.45) is 0 Å². The normalized spacial score (nSPS) is 11.5. The van der Waals surface area contributed by atoms with Crippen LogP contribution in [-0.4, -0.2) is 38.8 Å². The number of carbonyl (C=O) groups is 1. The van der Waals surface area contributed by atoms with E-state index in [-0.39, 0.29) is 17.2 Å². The molecule has 1 N–H and O–H groups in total. The standard InChI is InChI=1S/C20H25ClN2O4S/c1-4-23(5-2)28(25,26)18-9-6-15(7-10-18)14-22-20(24)13-16-12-17(21)8-11-19(16)27-3/h6-12H,4-5,13-14H2,1-3H3,(H,22,24). The van der Waals surface area contributed by atoms with Gasteiger partial charge in [-0.1, -0.05) is 37.6 Å². The highest BCUT2D eigenvalue weighted by molar-refractivity contribution is 7.89. The zero-order chi connectivity index (χ0) is 20.7. The molecule has 2 aromatic carbocycles. The third-order valence-electron chi connectivity index (χ3n) is 4.35. The van der Waals surface area contributed by atoms with Crippen molar-refractivity contribution in [3.63, 3.8) is 0 Å². The van der Waals surface area contributed by atoms with Gasteiger partial charge >= 0.3 is 0 Å². The topological polar surface area (TPSA) is 75.7 Å². The molecule has 0 aliphatic rings. The Bertz CT molecular complexity index is 910. The first-order valence-corrected chi connectivity index (χ1v) is 10.8. The number of halogens is 1. The molecule has 0 aromatic heterocycles. The van der Waals surface area contributed by atoms with Crippen LogP contribution in [-0.2, 0) is 27.8 Å². The summed E-state index contributed by atoms with van der Waals surface area (Å²) in [4.78, 5) is 12.5. The highest BCUT2D eigenvalue weighted by Gasteiger charge is 2.21. The largest absolute Gasteiger partial charge is 0.496 e. The fourth-order valence-electron chi connectivity index (χ4n) is 2.81. The Hall–Kier alpha value is -2.09. The fraction of sp³-hybridized carbons (Fsp3) is 0.350. The first-order chi connectivity index (χ1) is 13.3. The number of nitrogens with one attached hydrogen (secondary N) is 1. The average Bonchev–Trinajstić information content (AvgIpc) is 2.67. The summed E-state index contributed by atoms with van der Waals surface area (Å²) in [5.41, 5.74) is 1.51. The average molecular weight is 425 g/mol. The molecule has 0 saturated carbocycles. The lowest BCUT2D eigenvalue weighted by atomic mass is 10.1. The first-order valence-electron chi connectivity index (χ1n) is 9.00. The molecular weight excluding hydrogens is 400 g/mol. The van der Waals surface area contributed by atoms with Gasteiger partial charge in [0.2, 0.25) is 15.9 Å². The monoisotopic (exact) mass is 424 g/mol. The Balaban J connectivity index is 2.00. The highest BCUT2D eigenvalue weighted by Crippen LogP contribution is 2.23. The summed E-state index contributed by atoms with van der Waals surface area (Å²) in [6, 6.07) is 11.7. The van der Waals surface area contributed by atoms with Crippen molar-refractivity contribution in [1.29, 1.82) is 0 Å². The Labute approximate surface area is 171 Å². The second kappa shape index (κ2) is 9.91. The van der Waals surface area contributed by atoms with E-state index in [1.54, 1.807) is 63.4 Å². The van der Waals surface area contributed by atoms with Gasteiger partial charge in [0.1, 0.15) is 5.75 Å². The predicted molar refractivity (Wildman–Crippen MR) is 110 cm³/mol. The second-order valence-electron chi connectivity index (χ2n) is 6.14. The van der Waals surface area contributed by atoms with Crippen LogP contribution in [0, 0.1) is 0 Å². The molecule has 0 aliphatic carbocycles. The van der Waals surface area contributed by atoms with Gasteiger partial charge in [-0.3, -0.25) is 4.79 Å². The lowest BCUT2D eigenvalue weighted by Gasteiger charge is -2.18. The van der Waals surface area contributed by atoms with Gasteiger partial charge in [0.15, 0.2) is 0 Å². The number of hydrogen-bond acceptors (Lipinski definition) is 4. The van der Waals surface area contributed by atoms with Gasteiger partial charge in [-0.15, -0.1) is 0 Å². The molecule has 0 bridgehead atoms. The summed E-state index contributed by atoms with van der Waals surface area (Å²) in [5.74, 6) is 0.422. The zero-order valence-corrected chi connectivity index (χ0v) is 17.8. The van der Waals surface area contributed by atoms with Gasteiger partial charge < -0.3 is 10.1 Å². The van der Waals surface area contributed by atoms with Crippen molar-refractivity contribution in [2.75, 3.05) is 20.2 Å². The minimum Gasteiger partial charge on any atom is -0.496 e. The van der Waals surface area contributed by atoms with Gasteiger partial charge in [0.25, 0.3) is 0 Å². The molecule has 152 valence electrons. The smallest absolute Gasteiger partial charge is 0.243 e. The van der Waals surface area contributed by atoms with E-state index in [9.17, 15) is 13.2 Å². The molecule has 0 fully saturated rings. The van der Waals surface area contributed by atoms with E-state index >= 15 is 0 Å². The summed E-state index contributed by atoms with van der Waals surface area (Å²) < 4.78 is 31.6. The van der Waals surface area contributed by atoms with E-state index in [0.717, 1.165) is 5.56 Å². The van der Waals surface area contributed by atoms with Crippen molar-refractivity contribution in [3.05, 3.63) is 58.6 Å². The summed E-state index contributed by atoms with van der Waals surface area (Å²) in [6.45, 7) is 4.75. The number of nitrogens with zero attached hydrogens (tertiary/aromatic N) is 1. The zero-order valence-electron chi connectivity index (χ0n) is 16.2. The van der Waals surface area contributed by atoms with Crippen molar-refractivity contribution >= 4 is 27.5 Å². The molecule has 0 saturated heterocycles. The van der Waals surface area contributed by atoms with E-state index in [2.05, 4.69) is 5.32 Å². The second-order valence-corrected chi connectivity index (χ2v) is 8.52. The summed E-state index contributed by atoms with van der Waals surface area (Å²) in [7, 11) is -1.94. The summed E-state index contributed by atoms with van der Waals surface area (Å²) in [5, 5.41) is 3.36. The number of hydrogen-bond donors (Lipinski definition) is 1. The van der Waals surface area contributed by atoms with Gasteiger partial charge in [-0.25, -0.2) is 8.42 Å². The Morgan fingerprint density at radius 1 is 1.11 bits per heavy atom. The molecular formula is C20H25ClN2O4S. The molecule has 0 heterocycles. The van der Waals surface area contributed by atoms with E-state index in [1.165, 1.54) is 4.31 Å². The molecule has 0 spiro atoms. The highest BCUT2D eigenvalue weighted by atomic mass is 35.5. The maximum Gasteiger partial charge on any atom is 0.243 e. The summed E-state index contributed by atoms with van der Waals surface area (Å²) >= 11 is 5.99. The predicted octanol–water partition coefficient (Wildman–Crippen LogP) is 3.24. The van der Waals surface area contributed by atoms with Crippen LogP contribution >= 0.6 is 11.6 Å². The van der Waals surface area contributed by atoms with E-state index in [1.807, 2.05) is 0 Å². The summed E-state index contributed by atoms with van der Waals surface area (Å²) in [6.07, 6.45) is 0.137. The molecule has 0 unspecified atom stereocenters.